The highest BCUT2D eigenvalue weighted by Crippen LogP contribution is 2.23. The van der Waals surface area contributed by atoms with E-state index in [4.69, 9.17) is 11.6 Å². The number of aldehydes is 1. The molecule has 1 aromatic carbocycles. The third kappa shape index (κ3) is 2.26. The van der Waals surface area contributed by atoms with E-state index in [-0.39, 0.29) is 10.6 Å². The summed E-state index contributed by atoms with van der Waals surface area (Å²) >= 11 is 5.40. The number of halogens is 2. The molecule has 0 fully saturated rings. The molecule has 0 aliphatic rings. The predicted octanol–water partition coefficient (Wildman–Crippen LogP) is 1.81. The minimum absolute atomic E-state index is 0.0561. The minimum atomic E-state index is -4.86. The first kappa shape index (κ1) is 10.1. The number of carbonyl (C=O) groups is 1. The Bertz CT molecular complexity index is 441. The third-order valence-corrected chi connectivity index (χ3v) is 2.66. The first-order valence-electron chi connectivity index (χ1n) is 3.14. The van der Waals surface area contributed by atoms with E-state index in [1.54, 1.807) is 0 Å². The molecule has 0 spiro atoms. The Kier molecular flexibility index (Phi) is 2.68. The van der Waals surface area contributed by atoms with Crippen molar-refractivity contribution in [1.82, 2.24) is 0 Å². The van der Waals surface area contributed by atoms with Crippen molar-refractivity contribution in [2.75, 3.05) is 0 Å². The van der Waals surface area contributed by atoms with Gasteiger partial charge < -0.3 is 0 Å². The highest BCUT2D eigenvalue weighted by Gasteiger charge is 2.16. The van der Waals surface area contributed by atoms with Gasteiger partial charge >= 0.3 is 10.2 Å². The van der Waals surface area contributed by atoms with Crippen LogP contribution in [0.3, 0.4) is 0 Å². The maximum absolute atomic E-state index is 12.5. The summed E-state index contributed by atoms with van der Waals surface area (Å²) in [6.07, 6.45) is 0.408. The van der Waals surface area contributed by atoms with Crippen molar-refractivity contribution in [2.24, 2.45) is 0 Å². The fraction of sp³-hybridized carbons (Fsp3) is 0. The molecule has 0 aliphatic carbocycles. The van der Waals surface area contributed by atoms with Gasteiger partial charge in [0.1, 0.15) is 11.2 Å². The second-order valence-corrected chi connectivity index (χ2v) is 3.97. The van der Waals surface area contributed by atoms with Crippen LogP contribution in [0.25, 0.3) is 0 Å². The van der Waals surface area contributed by atoms with Gasteiger partial charge in [-0.3, -0.25) is 4.79 Å². The summed E-state index contributed by atoms with van der Waals surface area (Å²) in [5.74, 6) is 0. The molecule has 0 unspecified atom stereocenters. The van der Waals surface area contributed by atoms with Crippen LogP contribution >= 0.6 is 11.6 Å². The molecule has 0 aromatic heterocycles. The van der Waals surface area contributed by atoms with Gasteiger partial charge in [-0.25, -0.2) is 0 Å². The van der Waals surface area contributed by atoms with Crippen molar-refractivity contribution < 1.29 is 17.1 Å². The van der Waals surface area contributed by atoms with Crippen molar-refractivity contribution in [2.45, 2.75) is 4.90 Å². The average Bonchev–Trinajstić information content (AvgIpc) is 2.03. The van der Waals surface area contributed by atoms with Gasteiger partial charge in [-0.05, 0) is 12.1 Å². The van der Waals surface area contributed by atoms with Crippen LogP contribution in [0.2, 0.25) is 5.02 Å². The van der Waals surface area contributed by atoms with E-state index in [1.165, 1.54) is 6.07 Å². The molecule has 0 aliphatic heterocycles. The largest absolute Gasteiger partial charge is 0.333 e. The zero-order valence-electron chi connectivity index (χ0n) is 6.20. The minimum Gasteiger partial charge on any atom is -0.298 e. The van der Waals surface area contributed by atoms with E-state index in [0.717, 1.165) is 12.1 Å². The van der Waals surface area contributed by atoms with Crippen molar-refractivity contribution in [3.8, 4) is 0 Å². The SMILES string of the molecule is O=Cc1ccc(Cl)c(S(=O)(=O)F)c1. The fourth-order valence-electron chi connectivity index (χ4n) is 0.780. The summed E-state index contributed by atoms with van der Waals surface area (Å²) in [6, 6.07) is 3.33. The molecular weight excluding hydrogens is 219 g/mol. The van der Waals surface area contributed by atoms with Crippen LogP contribution in [-0.2, 0) is 10.2 Å². The normalized spacial score (nSPS) is 11.2. The molecule has 0 saturated carbocycles. The van der Waals surface area contributed by atoms with Crippen LogP contribution in [0.15, 0.2) is 23.1 Å². The zero-order valence-corrected chi connectivity index (χ0v) is 7.77. The molecular formula is C7H4ClFO3S. The monoisotopic (exact) mass is 222 g/mol. The molecule has 0 saturated heterocycles. The summed E-state index contributed by atoms with van der Waals surface area (Å²) in [6.45, 7) is 0. The highest BCUT2D eigenvalue weighted by molar-refractivity contribution is 7.86. The van der Waals surface area contributed by atoms with Crippen LogP contribution in [0.5, 0.6) is 0 Å². The maximum atomic E-state index is 12.5. The lowest BCUT2D eigenvalue weighted by molar-refractivity contribution is 0.112. The average molecular weight is 223 g/mol. The lowest BCUT2D eigenvalue weighted by Gasteiger charge is -1.98. The first-order valence-corrected chi connectivity index (χ1v) is 4.90. The highest BCUT2D eigenvalue weighted by atomic mass is 35.5. The lowest BCUT2D eigenvalue weighted by Crippen LogP contribution is -1.94. The van der Waals surface area contributed by atoms with Gasteiger partial charge in [0, 0.05) is 5.56 Å². The molecule has 0 bridgehead atoms. The van der Waals surface area contributed by atoms with Crippen LogP contribution in [0.1, 0.15) is 10.4 Å². The smallest absolute Gasteiger partial charge is 0.298 e. The van der Waals surface area contributed by atoms with Gasteiger partial charge in [-0.2, -0.15) is 8.42 Å². The van der Waals surface area contributed by atoms with Gasteiger partial charge in [0.15, 0.2) is 0 Å². The molecule has 70 valence electrons. The Hall–Kier alpha value is -0.940. The maximum Gasteiger partial charge on any atom is 0.333 e. The topological polar surface area (TPSA) is 51.2 Å². The number of hydrogen-bond donors (Lipinski definition) is 0. The van der Waals surface area contributed by atoms with Crippen molar-refractivity contribution in [3.05, 3.63) is 28.8 Å². The quantitative estimate of drug-likeness (QED) is 0.567. The van der Waals surface area contributed by atoms with Gasteiger partial charge in [0.05, 0.1) is 5.02 Å². The summed E-state index contributed by atoms with van der Waals surface area (Å²) < 4.78 is 33.4. The summed E-state index contributed by atoms with van der Waals surface area (Å²) in [5, 5.41) is -0.242. The summed E-state index contributed by atoms with van der Waals surface area (Å²) in [5.41, 5.74) is 0.0561. The number of benzene rings is 1. The van der Waals surface area contributed by atoms with Gasteiger partial charge in [0.25, 0.3) is 0 Å². The summed E-state index contributed by atoms with van der Waals surface area (Å²) in [4.78, 5) is 9.55. The van der Waals surface area contributed by atoms with E-state index >= 15 is 0 Å². The molecule has 3 nitrogen and oxygen atoms in total. The predicted molar refractivity (Wildman–Crippen MR) is 45.1 cm³/mol. The van der Waals surface area contributed by atoms with Crippen LogP contribution < -0.4 is 0 Å². The molecule has 6 heteroatoms. The van der Waals surface area contributed by atoms with Gasteiger partial charge in [-0.1, -0.05) is 17.7 Å². The molecule has 0 N–H and O–H groups in total. The Morgan fingerprint density at radius 1 is 1.38 bits per heavy atom. The van der Waals surface area contributed by atoms with E-state index < -0.39 is 15.1 Å². The van der Waals surface area contributed by atoms with E-state index in [0.29, 0.717) is 6.29 Å². The van der Waals surface area contributed by atoms with E-state index in [2.05, 4.69) is 0 Å². The number of carbonyl (C=O) groups excluding carboxylic acids is 1. The Labute approximate surface area is 79.3 Å². The number of rotatable bonds is 2. The Morgan fingerprint density at radius 2 is 2.00 bits per heavy atom. The standard InChI is InChI=1S/C7H4ClFO3S/c8-6-2-1-5(4-10)3-7(6)13(9,11)12/h1-4H. The molecule has 1 rings (SSSR count). The first-order chi connectivity index (χ1) is 5.95. The second-order valence-electron chi connectivity index (χ2n) is 2.25. The van der Waals surface area contributed by atoms with E-state index in [9.17, 15) is 17.1 Å². The lowest BCUT2D eigenvalue weighted by atomic mass is 10.2. The molecule has 0 atom stereocenters. The molecule has 0 heterocycles. The molecule has 13 heavy (non-hydrogen) atoms. The van der Waals surface area contributed by atoms with Crippen molar-refractivity contribution in [3.63, 3.8) is 0 Å². The van der Waals surface area contributed by atoms with Gasteiger partial charge in [-0.15, -0.1) is 3.89 Å². The molecule has 1 aromatic rings. The Morgan fingerprint density at radius 3 is 2.46 bits per heavy atom. The molecule has 0 radical (unpaired) electrons. The number of hydrogen-bond acceptors (Lipinski definition) is 3. The van der Waals surface area contributed by atoms with Crippen LogP contribution in [-0.4, -0.2) is 14.7 Å². The fourth-order valence-corrected chi connectivity index (χ4v) is 1.75. The van der Waals surface area contributed by atoms with Gasteiger partial charge in [0.2, 0.25) is 0 Å². The summed E-state index contributed by atoms with van der Waals surface area (Å²) in [7, 11) is -4.86. The van der Waals surface area contributed by atoms with Crippen molar-refractivity contribution >= 4 is 28.1 Å². The molecule has 0 amide bonds. The van der Waals surface area contributed by atoms with Crippen LogP contribution in [0, 0.1) is 0 Å². The second kappa shape index (κ2) is 3.43. The third-order valence-electron chi connectivity index (χ3n) is 1.35. The zero-order chi connectivity index (χ0) is 10.1. The van der Waals surface area contributed by atoms with E-state index in [1.807, 2.05) is 0 Å². The van der Waals surface area contributed by atoms with Crippen molar-refractivity contribution in [1.29, 1.82) is 0 Å². The Balaban J connectivity index is 3.44. The van der Waals surface area contributed by atoms with Crippen LogP contribution in [0.4, 0.5) is 3.89 Å².